The molecule has 3 aromatic rings. The highest BCUT2D eigenvalue weighted by atomic mass is 32.2. The minimum Gasteiger partial charge on any atom is -0.370 e. The predicted molar refractivity (Wildman–Crippen MR) is 112 cm³/mol. The van der Waals surface area contributed by atoms with Crippen LogP contribution in [0.5, 0.6) is 0 Å². The molecule has 2 aromatic heterocycles. The van der Waals surface area contributed by atoms with Crippen LogP contribution in [0.4, 0.5) is 10.1 Å². The average molecular weight is 434 g/mol. The smallest absolute Gasteiger partial charge is 0.237 e. The van der Waals surface area contributed by atoms with Crippen LogP contribution >= 0.6 is 23.1 Å². The van der Waals surface area contributed by atoms with E-state index in [1.54, 1.807) is 30.5 Å². The fraction of sp³-hybridized carbons (Fsp3) is 0.263. The molecule has 29 heavy (non-hydrogen) atoms. The van der Waals surface area contributed by atoms with Gasteiger partial charge < -0.3 is 15.6 Å². The average Bonchev–Trinajstić information content (AvgIpc) is 3.32. The third-order valence-corrected chi connectivity index (χ3v) is 6.08. The molecule has 0 aliphatic carbocycles. The molecule has 7 nitrogen and oxygen atoms in total. The minimum atomic E-state index is -0.521. The van der Waals surface area contributed by atoms with Gasteiger partial charge in [0.15, 0.2) is 11.0 Å². The molecule has 2 heterocycles. The lowest BCUT2D eigenvalue weighted by Gasteiger charge is -2.13. The summed E-state index contributed by atoms with van der Waals surface area (Å²) in [7, 11) is 0. The highest BCUT2D eigenvalue weighted by molar-refractivity contribution is 8.00. The second-order valence-electron chi connectivity index (χ2n) is 6.36. The molecular formula is C19H20FN5O2S2. The molecule has 0 spiro atoms. The van der Waals surface area contributed by atoms with Crippen LogP contribution in [0.25, 0.3) is 10.7 Å². The van der Waals surface area contributed by atoms with Gasteiger partial charge in [-0.1, -0.05) is 23.9 Å². The zero-order chi connectivity index (χ0) is 21.0. The Morgan fingerprint density at radius 2 is 2.14 bits per heavy atom. The van der Waals surface area contributed by atoms with Gasteiger partial charge in [-0.2, -0.15) is 0 Å². The number of aromatic nitrogens is 3. The summed E-state index contributed by atoms with van der Waals surface area (Å²) in [6.45, 7) is 3.70. The molecule has 1 atom stereocenters. The van der Waals surface area contributed by atoms with E-state index in [9.17, 15) is 14.0 Å². The quantitative estimate of drug-likeness (QED) is 0.530. The van der Waals surface area contributed by atoms with Crippen LogP contribution in [-0.4, -0.2) is 31.8 Å². The molecule has 0 radical (unpaired) electrons. The maximum absolute atomic E-state index is 13.7. The monoisotopic (exact) mass is 433 g/mol. The predicted octanol–water partition coefficient (Wildman–Crippen LogP) is 3.45. The lowest BCUT2D eigenvalue weighted by molar-refractivity contribution is -0.118. The lowest BCUT2D eigenvalue weighted by Crippen LogP contribution is -2.23. The van der Waals surface area contributed by atoms with E-state index >= 15 is 0 Å². The van der Waals surface area contributed by atoms with Gasteiger partial charge in [0, 0.05) is 18.7 Å². The molecule has 1 unspecified atom stereocenters. The second kappa shape index (κ2) is 9.19. The van der Waals surface area contributed by atoms with E-state index in [0.717, 1.165) is 4.88 Å². The van der Waals surface area contributed by atoms with Gasteiger partial charge in [0.25, 0.3) is 0 Å². The number of carbonyl (C=O) groups is 2. The van der Waals surface area contributed by atoms with Crippen molar-refractivity contribution in [1.29, 1.82) is 0 Å². The van der Waals surface area contributed by atoms with Crippen molar-refractivity contribution in [3.8, 4) is 10.7 Å². The molecule has 0 aliphatic rings. The summed E-state index contributed by atoms with van der Waals surface area (Å²) in [5.41, 5.74) is 6.19. The summed E-state index contributed by atoms with van der Waals surface area (Å²) >= 11 is 2.71. The number of hydrogen-bond donors (Lipinski definition) is 2. The van der Waals surface area contributed by atoms with E-state index in [2.05, 4.69) is 15.5 Å². The Morgan fingerprint density at radius 1 is 1.34 bits per heavy atom. The number of rotatable bonds is 8. The van der Waals surface area contributed by atoms with Gasteiger partial charge in [-0.3, -0.25) is 9.59 Å². The number of amides is 2. The summed E-state index contributed by atoms with van der Waals surface area (Å²) in [4.78, 5) is 24.7. The summed E-state index contributed by atoms with van der Waals surface area (Å²) in [6.07, 6.45) is 0.132. The van der Waals surface area contributed by atoms with Crippen molar-refractivity contribution in [1.82, 2.24) is 14.8 Å². The fourth-order valence-corrected chi connectivity index (χ4v) is 4.11. The number of halogens is 1. The van der Waals surface area contributed by atoms with Crippen LogP contribution in [0, 0.1) is 12.7 Å². The van der Waals surface area contributed by atoms with E-state index < -0.39 is 11.2 Å². The van der Waals surface area contributed by atoms with Crippen LogP contribution in [0.2, 0.25) is 0 Å². The van der Waals surface area contributed by atoms with Gasteiger partial charge in [-0.25, -0.2) is 4.39 Å². The number of anilines is 1. The number of carbonyl (C=O) groups excluding carboxylic acids is 2. The summed E-state index contributed by atoms with van der Waals surface area (Å²) in [5.74, 6) is -0.480. The van der Waals surface area contributed by atoms with E-state index in [-0.39, 0.29) is 18.1 Å². The van der Waals surface area contributed by atoms with Crippen molar-refractivity contribution in [2.24, 2.45) is 5.73 Å². The Morgan fingerprint density at radius 3 is 2.79 bits per heavy atom. The van der Waals surface area contributed by atoms with Gasteiger partial charge in [0.1, 0.15) is 5.82 Å². The summed E-state index contributed by atoms with van der Waals surface area (Å²) < 4.78 is 15.5. The Bertz CT molecular complexity index is 1020. The molecule has 3 rings (SSSR count). The first-order valence-corrected chi connectivity index (χ1v) is 10.6. The number of primary amides is 1. The Hall–Kier alpha value is -2.72. The van der Waals surface area contributed by atoms with Gasteiger partial charge in [0.2, 0.25) is 11.8 Å². The van der Waals surface area contributed by atoms with Crippen LogP contribution in [0.3, 0.4) is 0 Å². The first-order valence-electron chi connectivity index (χ1n) is 8.84. The Labute approximate surface area is 175 Å². The molecule has 1 aromatic carbocycles. The van der Waals surface area contributed by atoms with E-state index in [0.29, 0.717) is 28.8 Å². The SMILES string of the molecule is Cc1ccc(NC(=O)C(C)Sc2nnc(-c3cccs3)n2CCC(N)=O)cc1F. The zero-order valence-electron chi connectivity index (χ0n) is 15.9. The molecule has 3 N–H and O–H groups in total. The van der Waals surface area contributed by atoms with Crippen molar-refractivity contribution in [3.63, 3.8) is 0 Å². The van der Waals surface area contributed by atoms with Crippen molar-refractivity contribution in [2.75, 3.05) is 5.32 Å². The van der Waals surface area contributed by atoms with Gasteiger partial charge >= 0.3 is 0 Å². The number of nitrogens with zero attached hydrogens (tertiary/aromatic N) is 3. The Balaban J connectivity index is 1.76. The molecule has 2 amide bonds. The molecular weight excluding hydrogens is 413 g/mol. The number of nitrogens with one attached hydrogen (secondary N) is 1. The van der Waals surface area contributed by atoms with Crippen LogP contribution < -0.4 is 11.1 Å². The molecule has 0 bridgehead atoms. The topological polar surface area (TPSA) is 103 Å². The fourth-order valence-electron chi connectivity index (χ4n) is 2.51. The van der Waals surface area contributed by atoms with E-state index in [1.807, 2.05) is 17.5 Å². The molecule has 0 fully saturated rings. The van der Waals surface area contributed by atoms with Crippen molar-refractivity contribution >= 4 is 40.6 Å². The molecule has 10 heteroatoms. The Kier molecular flexibility index (Phi) is 6.65. The summed E-state index contributed by atoms with van der Waals surface area (Å²) in [5, 5.41) is 13.0. The molecule has 152 valence electrons. The van der Waals surface area contributed by atoms with Gasteiger partial charge in [-0.15, -0.1) is 21.5 Å². The lowest BCUT2D eigenvalue weighted by atomic mass is 10.2. The largest absolute Gasteiger partial charge is 0.370 e. The third-order valence-electron chi connectivity index (χ3n) is 4.13. The van der Waals surface area contributed by atoms with Gasteiger partial charge in [-0.05, 0) is 43.0 Å². The number of hydrogen-bond acceptors (Lipinski definition) is 6. The zero-order valence-corrected chi connectivity index (χ0v) is 17.5. The molecule has 0 saturated heterocycles. The third kappa shape index (κ3) is 5.21. The maximum Gasteiger partial charge on any atom is 0.237 e. The highest BCUT2D eigenvalue weighted by Gasteiger charge is 2.22. The highest BCUT2D eigenvalue weighted by Crippen LogP contribution is 2.30. The van der Waals surface area contributed by atoms with Crippen LogP contribution in [0.1, 0.15) is 18.9 Å². The standard InChI is InChI=1S/C19H20FN5O2S2/c1-11-5-6-13(10-14(11)20)22-18(27)12(2)29-19-24-23-17(15-4-3-9-28-15)25(19)8-7-16(21)26/h3-6,9-10,12H,7-8H2,1-2H3,(H2,21,26)(H,22,27). The van der Waals surface area contributed by atoms with Crippen molar-refractivity contribution < 1.29 is 14.0 Å². The number of benzene rings is 1. The van der Waals surface area contributed by atoms with Gasteiger partial charge in [0.05, 0.1) is 10.1 Å². The number of aryl methyl sites for hydroxylation is 1. The van der Waals surface area contributed by atoms with Crippen LogP contribution in [0.15, 0.2) is 40.9 Å². The van der Waals surface area contributed by atoms with Crippen LogP contribution in [-0.2, 0) is 16.1 Å². The summed E-state index contributed by atoms with van der Waals surface area (Å²) in [6, 6.07) is 8.35. The van der Waals surface area contributed by atoms with Crippen molar-refractivity contribution in [3.05, 3.63) is 47.1 Å². The molecule has 0 saturated carbocycles. The number of thioether (sulfide) groups is 1. The van der Waals surface area contributed by atoms with Crippen molar-refractivity contribution in [2.45, 2.75) is 37.2 Å². The number of nitrogens with two attached hydrogens (primary N) is 1. The first-order chi connectivity index (χ1) is 13.8. The van der Waals surface area contributed by atoms with E-state index in [4.69, 9.17) is 5.73 Å². The maximum atomic E-state index is 13.7. The molecule has 0 aliphatic heterocycles. The normalized spacial score (nSPS) is 12.0. The van der Waals surface area contributed by atoms with E-state index in [1.165, 1.54) is 29.2 Å². The minimum absolute atomic E-state index is 0.132. The number of thiophene rings is 1. The first kappa shape index (κ1) is 21.0. The second-order valence-corrected chi connectivity index (χ2v) is 8.62.